The lowest BCUT2D eigenvalue weighted by Crippen LogP contribution is -2.36. The van der Waals surface area contributed by atoms with Gasteiger partial charge in [-0.25, -0.2) is 0 Å². The van der Waals surface area contributed by atoms with Crippen LogP contribution in [0.4, 0.5) is 0 Å². The normalized spacial score (nSPS) is 28.0. The highest BCUT2D eigenvalue weighted by atomic mass is 15.2. The summed E-state index contributed by atoms with van der Waals surface area (Å²) in [6.07, 6.45) is 4.37. The van der Waals surface area contributed by atoms with Gasteiger partial charge in [-0.3, -0.25) is 0 Å². The number of aryl methyl sites for hydroxylation is 1. The number of nitrogens with zero attached hydrogens (tertiary/aromatic N) is 2. The Morgan fingerprint density at radius 2 is 1.80 bits per heavy atom. The lowest BCUT2D eigenvalue weighted by molar-refractivity contribution is 0.192. The number of hydrogen-bond acceptors (Lipinski definition) is 2. The van der Waals surface area contributed by atoms with Gasteiger partial charge in [0, 0.05) is 31.6 Å². The highest BCUT2D eigenvalue weighted by Crippen LogP contribution is 2.34. The summed E-state index contributed by atoms with van der Waals surface area (Å²) < 4.78 is 0. The zero-order valence-electron chi connectivity index (χ0n) is 13.2. The number of hydrogen-bond donors (Lipinski definition) is 0. The first-order valence-corrected chi connectivity index (χ1v) is 8.09. The maximum atomic E-state index is 2.71. The van der Waals surface area contributed by atoms with Gasteiger partial charge in [0.05, 0.1) is 0 Å². The van der Waals surface area contributed by atoms with E-state index in [1.54, 1.807) is 0 Å². The average Bonchev–Trinajstić information content (AvgIpc) is 2.79. The molecule has 2 atom stereocenters. The van der Waals surface area contributed by atoms with Crippen LogP contribution in [-0.4, -0.2) is 49.6 Å². The van der Waals surface area contributed by atoms with Crippen LogP contribution in [0, 0.1) is 12.8 Å². The summed E-state index contributed by atoms with van der Waals surface area (Å²) in [5.41, 5.74) is 2.88. The predicted octanol–water partition coefficient (Wildman–Crippen LogP) is 3.12. The lowest BCUT2D eigenvalue weighted by Gasteiger charge is -2.30. The summed E-state index contributed by atoms with van der Waals surface area (Å²) in [5, 5.41) is 0. The monoisotopic (exact) mass is 272 g/mol. The van der Waals surface area contributed by atoms with Gasteiger partial charge in [-0.1, -0.05) is 36.2 Å². The molecule has 1 aromatic rings. The quantitative estimate of drug-likeness (QED) is 0.831. The van der Waals surface area contributed by atoms with E-state index in [0.29, 0.717) is 12.0 Å². The van der Waals surface area contributed by atoms with Crippen molar-refractivity contribution >= 4 is 0 Å². The van der Waals surface area contributed by atoms with E-state index in [1.165, 1.54) is 50.0 Å². The fourth-order valence-electron chi connectivity index (χ4n) is 3.72. The molecular formula is C18H28N2. The van der Waals surface area contributed by atoms with E-state index >= 15 is 0 Å². The Hall–Kier alpha value is -0.860. The lowest BCUT2D eigenvalue weighted by atomic mass is 9.85. The molecule has 0 N–H and O–H groups in total. The number of likely N-dealkylation sites (N-methyl/N-ethyl adjacent to an activating group) is 1. The van der Waals surface area contributed by atoms with Crippen molar-refractivity contribution in [3.8, 4) is 0 Å². The fourth-order valence-corrected chi connectivity index (χ4v) is 3.72. The zero-order valence-corrected chi connectivity index (χ0v) is 13.2. The first-order chi connectivity index (χ1) is 9.63. The first-order valence-electron chi connectivity index (χ1n) is 8.09. The van der Waals surface area contributed by atoms with Gasteiger partial charge in [-0.2, -0.15) is 0 Å². The number of likely N-dealkylation sites (tertiary alicyclic amines) is 1. The Labute approximate surface area is 123 Å². The largest absolute Gasteiger partial charge is 0.305 e. The summed E-state index contributed by atoms with van der Waals surface area (Å²) in [4.78, 5) is 5.13. The van der Waals surface area contributed by atoms with Crippen molar-refractivity contribution in [3.05, 3.63) is 35.4 Å². The molecule has 1 heterocycles. The van der Waals surface area contributed by atoms with Crippen LogP contribution in [0.2, 0.25) is 0 Å². The minimum absolute atomic E-state index is 0.665. The van der Waals surface area contributed by atoms with E-state index in [0.717, 1.165) is 5.92 Å². The third-order valence-electron chi connectivity index (χ3n) is 5.27. The molecule has 1 aliphatic heterocycles. The van der Waals surface area contributed by atoms with Gasteiger partial charge in [-0.05, 0) is 45.3 Å². The van der Waals surface area contributed by atoms with E-state index in [4.69, 9.17) is 0 Å². The highest BCUT2D eigenvalue weighted by molar-refractivity contribution is 5.27. The Kier molecular flexibility index (Phi) is 4.13. The Morgan fingerprint density at radius 3 is 2.35 bits per heavy atom. The molecule has 1 saturated heterocycles. The predicted molar refractivity (Wildman–Crippen MR) is 85.2 cm³/mol. The second-order valence-corrected chi connectivity index (χ2v) is 7.06. The molecule has 0 spiro atoms. The van der Waals surface area contributed by atoms with Crippen LogP contribution in [0.1, 0.15) is 36.3 Å². The van der Waals surface area contributed by atoms with Crippen molar-refractivity contribution in [1.82, 2.24) is 9.80 Å². The van der Waals surface area contributed by atoms with Crippen molar-refractivity contribution < 1.29 is 0 Å². The summed E-state index contributed by atoms with van der Waals surface area (Å²) >= 11 is 0. The molecule has 20 heavy (non-hydrogen) atoms. The maximum absolute atomic E-state index is 2.71. The van der Waals surface area contributed by atoms with Gasteiger partial charge in [0.2, 0.25) is 0 Å². The minimum atomic E-state index is 0.665. The molecule has 0 amide bonds. The van der Waals surface area contributed by atoms with E-state index in [-0.39, 0.29) is 0 Å². The van der Waals surface area contributed by atoms with Gasteiger partial charge >= 0.3 is 0 Å². The second-order valence-electron chi connectivity index (χ2n) is 7.06. The van der Waals surface area contributed by atoms with Crippen LogP contribution in [0.3, 0.4) is 0 Å². The SMILES string of the molecule is Cc1ccc([C@@H]2CN(CC3CCC3)C[C@H]2N(C)C)cc1. The third kappa shape index (κ3) is 2.91. The van der Waals surface area contributed by atoms with Crippen molar-refractivity contribution in [2.24, 2.45) is 5.92 Å². The minimum Gasteiger partial charge on any atom is -0.305 e. The van der Waals surface area contributed by atoms with Gasteiger partial charge in [0.15, 0.2) is 0 Å². The maximum Gasteiger partial charge on any atom is 0.0298 e. The van der Waals surface area contributed by atoms with Crippen molar-refractivity contribution in [1.29, 1.82) is 0 Å². The summed E-state index contributed by atoms with van der Waals surface area (Å²) in [6, 6.07) is 9.86. The van der Waals surface area contributed by atoms with Crippen LogP contribution in [0.25, 0.3) is 0 Å². The number of benzene rings is 1. The summed E-state index contributed by atoms with van der Waals surface area (Å²) in [5.74, 6) is 1.65. The molecule has 1 aliphatic carbocycles. The topological polar surface area (TPSA) is 6.48 Å². The molecule has 3 rings (SSSR count). The van der Waals surface area contributed by atoms with E-state index < -0.39 is 0 Å². The second kappa shape index (κ2) is 5.87. The molecule has 110 valence electrons. The van der Waals surface area contributed by atoms with Crippen LogP contribution in [-0.2, 0) is 0 Å². The molecule has 2 aliphatic rings. The van der Waals surface area contributed by atoms with Gasteiger partial charge in [0.1, 0.15) is 0 Å². The van der Waals surface area contributed by atoms with Crippen LogP contribution < -0.4 is 0 Å². The molecule has 1 aromatic carbocycles. The van der Waals surface area contributed by atoms with E-state index in [2.05, 4.69) is 55.1 Å². The Morgan fingerprint density at radius 1 is 1.10 bits per heavy atom. The third-order valence-corrected chi connectivity index (χ3v) is 5.27. The van der Waals surface area contributed by atoms with E-state index in [1.807, 2.05) is 0 Å². The van der Waals surface area contributed by atoms with Crippen molar-refractivity contribution in [2.75, 3.05) is 33.7 Å². The van der Waals surface area contributed by atoms with Gasteiger partial charge < -0.3 is 9.80 Å². The van der Waals surface area contributed by atoms with Crippen LogP contribution >= 0.6 is 0 Å². The van der Waals surface area contributed by atoms with Crippen molar-refractivity contribution in [3.63, 3.8) is 0 Å². The first kappa shape index (κ1) is 14.1. The summed E-state index contributed by atoms with van der Waals surface area (Å²) in [7, 11) is 4.47. The standard InChI is InChI=1S/C18H28N2/c1-14-7-9-16(10-8-14)17-12-20(11-15-5-4-6-15)13-18(17)19(2)3/h7-10,15,17-18H,4-6,11-13H2,1-3H3/t17-,18+/m0/s1. The molecule has 0 radical (unpaired) electrons. The molecule has 2 fully saturated rings. The molecule has 0 bridgehead atoms. The molecule has 2 nitrogen and oxygen atoms in total. The number of rotatable bonds is 4. The average molecular weight is 272 g/mol. The van der Waals surface area contributed by atoms with Gasteiger partial charge in [0.25, 0.3) is 0 Å². The summed E-state index contributed by atoms with van der Waals surface area (Å²) in [6.45, 7) is 5.97. The van der Waals surface area contributed by atoms with Gasteiger partial charge in [-0.15, -0.1) is 0 Å². The van der Waals surface area contributed by atoms with Crippen molar-refractivity contribution in [2.45, 2.75) is 38.1 Å². The molecule has 1 saturated carbocycles. The zero-order chi connectivity index (χ0) is 14.1. The smallest absolute Gasteiger partial charge is 0.0298 e. The fraction of sp³-hybridized carbons (Fsp3) is 0.667. The molecular weight excluding hydrogens is 244 g/mol. The van der Waals surface area contributed by atoms with Crippen LogP contribution in [0.5, 0.6) is 0 Å². The molecule has 0 unspecified atom stereocenters. The molecule has 0 aromatic heterocycles. The molecule has 2 heteroatoms. The Bertz CT molecular complexity index is 433. The van der Waals surface area contributed by atoms with E-state index in [9.17, 15) is 0 Å². The van der Waals surface area contributed by atoms with Crippen LogP contribution in [0.15, 0.2) is 24.3 Å². The highest BCUT2D eigenvalue weighted by Gasteiger charge is 2.36. The Balaban J connectivity index is 1.71.